The zero-order valence-electron chi connectivity index (χ0n) is 58.5. The molecule has 0 aliphatic carbocycles. The highest BCUT2D eigenvalue weighted by molar-refractivity contribution is 14.1. The van der Waals surface area contributed by atoms with E-state index < -0.39 is 29.6 Å². The molecule has 0 amide bonds. The van der Waals surface area contributed by atoms with Crippen molar-refractivity contribution in [3.63, 3.8) is 0 Å². The smallest absolute Gasteiger partial charge is 0.481 e. The Morgan fingerprint density at radius 1 is 0.533 bits per heavy atom. The van der Waals surface area contributed by atoms with Crippen LogP contribution < -0.4 is 49.6 Å². The van der Waals surface area contributed by atoms with E-state index in [0.29, 0.717) is 58.7 Å². The molecule has 13 rings (SSSR count). The summed E-state index contributed by atoms with van der Waals surface area (Å²) in [5, 5.41) is 8.66. The van der Waals surface area contributed by atoms with Crippen molar-refractivity contribution in [3.8, 4) is 46.7 Å². The minimum atomic E-state index is -5.66. The Labute approximate surface area is 624 Å². The number of methoxy groups -OCH3 is 5. The lowest BCUT2D eigenvalue weighted by atomic mass is 10.0. The van der Waals surface area contributed by atoms with Crippen molar-refractivity contribution in [2.24, 2.45) is 0 Å². The molecule has 0 saturated carbocycles. The Bertz CT molecular complexity index is 4600. The summed E-state index contributed by atoms with van der Waals surface area (Å²) in [6.07, 6.45) is 22.5. The minimum Gasteiger partial charge on any atom is -0.481 e. The molecular formula is C73H89F3IN13O13SSi. The summed E-state index contributed by atoms with van der Waals surface area (Å²) in [6, 6.07) is 17.2. The van der Waals surface area contributed by atoms with Crippen molar-refractivity contribution in [1.29, 1.82) is 0 Å². The number of aldehydes is 3. The number of nitrogens with zero attached hydrogens (tertiary/aromatic N) is 9. The number of halogens is 4. The van der Waals surface area contributed by atoms with E-state index in [1.165, 1.54) is 71.3 Å². The molecule has 9 aromatic heterocycles. The van der Waals surface area contributed by atoms with E-state index in [4.69, 9.17) is 23.7 Å². The predicted molar refractivity (Wildman–Crippen MR) is 407 cm³/mol. The van der Waals surface area contributed by atoms with E-state index in [1.54, 1.807) is 89.6 Å². The Hall–Kier alpha value is -9.89. The first kappa shape index (κ1) is 87.5. The van der Waals surface area contributed by atoms with Gasteiger partial charge in [-0.1, -0.05) is 40.4 Å². The van der Waals surface area contributed by atoms with Crippen molar-refractivity contribution in [1.82, 2.24) is 65.3 Å². The number of H-pyrrole nitrogens is 2. The highest BCUT2D eigenvalue weighted by atomic mass is 127. The average Bonchev–Trinajstić information content (AvgIpc) is 0.808. The maximum Gasteiger partial charge on any atom is 0.534 e. The van der Waals surface area contributed by atoms with Gasteiger partial charge in [0.1, 0.15) is 8.07 Å². The SMILES string of the molecule is C.C.CN1CCc2cc(=O)[nH]cc2C1.CN1CCc2cc(OS(=O)(=O)C(F)(F)F)ncc2C1.COc1cc(C#C[Si](C)(C)C)c(C=O)cn1.COc1cc(I)c(C=O)cn1.COc1cc2c(cn1)CNCC2.COc1cc2ccncc2cn1.COc1ccc(C=O)cn1.O=c1cc2c(c[nH]1)CNCC2. The van der Waals surface area contributed by atoms with Crippen molar-refractivity contribution in [2.75, 3.05) is 75.8 Å². The van der Waals surface area contributed by atoms with Gasteiger partial charge in [-0.2, -0.15) is 21.6 Å². The summed E-state index contributed by atoms with van der Waals surface area (Å²) in [6.45, 7) is 13.7. The number of alkyl halides is 3. The summed E-state index contributed by atoms with van der Waals surface area (Å²) in [5.41, 5.74) is 9.23. The van der Waals surface area contributed by atoms with Crippen LogP contribution in [-0.4, -0.2) is 171 Å². The maximum atomic E-state index is 12.2. The van der Waals surface area contributed by atoms with Gasteiger partial charge in [0.05, 0.1) is 35.5 Å². The normalized spacial score (nSPS) is 13.0. The molecule has 13 heterocycles. The van der Waals surface area contributed by atoms with Crippen LogP contribution in [0, 0.1) is 15.0 Å². The van der Waals surface area contributed by atoms with Gasteiger partial charge in [-0.25, -0.2) is 29.9 Å². The fourth-order valence-electron chi connectivity index (χ4n) is 9.50. The second kappa shape index (κ2) is 43.4. The monoisotopic (exact) mass is 1600 g/mol. The zero-order valence-corrected chi connectivity index (χ0v) is 62.5. The Kier molecular flexibility index (Phi) is 36.2. The van der Waals surface area contributed by atoms with Crippen LogP contribution in [0.15, 0.2) is 132 Å². The van der Waals surface area contributed by atoms with Crippen LogP contribution in [0.4, 0.5) is 13.2 Å². The number of fused-ring (bicyclic) bond motifs is 5. The number of rotatable bonds is 10. The van der Waals surface area contributed by atoms with Gasteiger partial charge >= 0.3 is 15.6 Å². The summed E-state index contributed by atoms with van der Waals surface area (Å²) in [5.74, 6) is 5.36. The maximum absolute atomic E-state index is 12.2. The standard InChI is InChI=1S/C12H15NO2Si.C10H11F3N2O3S.2C9H12N2O.C9H8N2O.C8H10N2O.C7H6INO2.C7H7NO2.2CH4/c1-15-12-7-10(5-6-16(2,3)4)11(9-14)8-13-12;1-15-3-2-7-4-9(14-5-8(7)6-15)18-19(16,17)10(11,12)13;1-11-3-2-7-4-9(12)10-5-8(7)6-11;2*1-12-9-4-7-2-3-10-5-8(7)6-11-9;11-8-3-6-1-2-9-4-7(6)5-10-8;1-11-7-2-6(8)5(4-10)3-9-7;1-10-7-3-2-6(5-9)4-8-7;;/h7-9H,1-4H3;4-5H,2-3,6H2,1H3;4-5H,2-3,6H2,1H3,(H,10,12);4,6,10H,2-3,5H2,1H3;2-6H,1H3;3,5,9H,1-2,4H2,(H,10,11);2-4H,1H3;2-5H,1H3;2*1H4. The molecule has 4 aliphatic heterocycles. The summed E-state index contributed by atoms with van der Waals surface area (Å²) in [7, 11) is 4.76. The molecule has 26 nitrogen and oxygen atoms in total. The van der Waals surface area contributed by atoms with Gasteiger partial charge in [0.15, 0.2) is 18.9 Å². The molecule has 4 aliphatic rings. The third-order valence-corrected chi connectivity index (χ3v) is 17.8. The second-order valence-corrected chi connectivity index (χ2v) is 31.2. The van der Waals surface area contributed by atoms with Gasteiger partial charge in [-0.15, -0.1) is 5.54 Å². The van der Waals surface area contributed by atoms with Gasteiger partial charge in [0, 0.05) is 181 Å². The third kappa shape index (κ3) is 28.9. The molecule has 32 heteroatoms. The lowest BCUT2D eigenvalue weighted by Gasteiger charge is -2.24. The van der Waals surface area contributed by atoms with Crippen molar-refractivity contribution in [3.05, 3.63) is 214 Å². The first-order chi connectivity index (χ1) is 49.2. The number of likely N-dealkylation sites (N-methyl/N-ethyl adjacent to an activating group) is 2. The molecule has 105 heavy (non-hydrogen) atoms. The number of hydrogen-bond donors (Lipinski definition) is 4. The molecule has 0 radical (unpaired) electrons. The molecule has 0 spiro atoms. The van der Waals surface area contributed by atoms with Gasteiger partial charge in [0.2, 0.25) is 46.4 Å². The van der Waals surface area contributed by atoms with Gasteiger partial charge < -0.3 is 58.3 Å². The predicted octanol–water partition coefficient (Wildman–Crippen LogP) is 9.87. The number of carbonyl (C=O) groups is 3. The van der Waals surface area contributed by atoms with E-state index in [0.717, 1.165) is 115 Å². The largest absolute Gasteiger partial charge is 0.534 e. The first-order valence-electron chi connectivity index (χ1n) is 31.8. The number of aromatic nitrogens is 9. The Morgan fingerprint density at radius 3 is 1.58 bits per heavy atom. The fraction of sp³-hybridized carbons (Fsp3) is 0.342. The van der Waals surface area contributed by atoms with Crippen LogP contribution in [-0.2, 0) is 62.0 Å². The van der Waals surface area contributed by atoms with Crippen LogP contribution in [0.1, 0.15) is 96.0 Å². The van der Waals surface area contributed by atoms with E-state index in [1.807, 2.05) is 42.5 Å². The van der Waals surface area contributed by atoms with Crippen LogP contribution in [0.3, 0.4) is 0 Å². The lowest BCUT2D eigenvalue weighted by molar-refractivity contribution is -0.0501. The van der Waals surface area contributed by atoms with Crippen LogP contribution in [0.25, 0.3) is 10.8 Å². The van der Waals surface area contributed by atoms with Crippen LogP contribution >= 0.6 is 22.6 Å². The van der Waals surface area contributed by atoms with Gasteiger partial charge in [-0.3, -0.25) is 29.0 Å². The molecule has 0 aromatic carbocycles. The quantitative estimate of drug-likeness (QED) is 0.0247. The number of aromatic amines is 2. The molecule has 9 aromatic rings. The van der Waals surface area contributed by atoms with Gasteiger partial charge in [-0.05, 0) is 137 Å². The average molecular weight is 1600 g/mol. The number of carbonyl (C=O) groups excluding carboxylic acids is 3. The Balaban J connectivity index is 0.000000255. The summed E-state index contributed by atoms with van der Waals surface area (Å²) in [4.78, 5) is 90.2. The molecule has 0 saturated heterocycles. The van der Waals surface area contributed by atoms with Crippen molar-refractivity contribution >= 4 is 70.4 Å². The molecule has 562 valence electrons. The van der Waals surface area contributed by atoms with E-state index in [-0.39, 0.29) is 26.0 Å². The first-order valence-corrected chi connectivity index (χ1v) is 37.8. The molecule has 0 unspecified atom stereocenters. The fourth-order valence-corrected chi connectivity index (χ4v) is 11.0. The highest BCUT2D eigenvalue weighted by Gasteiger charge is 2.49. The minimum absolute atomic E-state index is 0. The van der Waals surface area contributed by atoms with E-state index in [2.05, 4.69) is 125 Å². The summed E-state index contributed by atoms with van der Waals surface area (Å²) < 4.78 is 87.7. The van der Waals surface area contributed by atoms with Crippen molar-refractivity contribution in [2.45, 2.75) is 91.9 Å². The number of ether oxygens (including phenoxy) is 5. The lowest BCUT2D eigenvalue weighted by Crippen LogP contribution is -2.29. The number of pyridine rings is 9. The topological polar surface area (TPSA) is 327 Å². The Morgan fingerprint density at radius 2 is 1.02 bits per heavy atom. The van der Waals surface area contributed by atoms with Crippen LogP contribution in [0.5, 0.6) is 35.3 Å². The van der Waals surface area contributed by atoms with Crippen molar-refractivity contribution < 1.29 is 63.8 Å². The summed E-state index contributed by atoms with van der Waals surface area (Å²) >= 11 is 2.06. The highest BCUT2D eigenvalue weighted by Crippen LogP contribution is 2.29. The molecular weight excluding hydrogens is 1510 g/mol. The molecule has 4 N–H and O–H groups in total. The third-order valence-electron chi connectivity index (χ3n) is 15.0. The second-order valence-electron chi connectivity index (χ2n) is 23.8. The number of hydrogen-bond acceptors (Lipinski definition) is 24. The van der Waals surface area contributed by atoms with Gasteiger partial charge in [0.25, 0.3) is 0 Å². The molecule has 0 fully saturated rings. The van der Waals surface area contributed by atoms with Crippen LogP contribution in [0.2, 0.25) is 19.6 Å². The molecule has 0 atom stereocenters. The van der Waals surface area contributed by atoms with E-state index in [9.17, 15) is 45.6 Å². The molecule has 0 bridgehead atoms. The zero-order chi connectivity index (χ0) is 75.1. The van der Waals surface area contributed by atoms with E-state index >= 15 is 0 Å². The number of nitrogens with one attached hydrogen (secondary N) is 4.